The lowest BCUT2D eigenvalue weighted by Crippen LogP contribution is -2.39. The summed E-state index contributed by atoms with van der Waals surface area (Å²) in [6.45, 7) is 5.62. The number of aryl methyl sites for hydroxylation is 2. The van der Waals surface area contributed by atoms with Crippen molar-refractivity contribution in [1.82, 2.24) is 15.2 Å². The lowest BCUT2D eigenvalue weighted by molar-refractivity contribution is 0.174. The first-order valence-electron chi connectivity index (χ1n) is 11.0. The summed E-state index contributed by atoms with van der Waals surface area (Å²) in [6.07, 6.45) is 1.63. The van der Waals surface area contributed by atoms with Crippen LogP contribution in [0.4, 0.5) is 0 Å². The van der Waals surface area contributed by atoms with Gasteiger partial charge in [0, 0.05) is 17.6 Å². The van der Waals surface area contributed by atoms with Crippen molar-refractivity contribution in [3.8, 4) is 11.5 Å². The average Bonchev–Trinajstić information content (AvgIpc) is 3.50. The van der Waals surface area contributed by atoms with Crippen LogP contribution in [0.15, 0.2) is 64.0 Å². The summed E-state index contributed by atoms with van der Waals surface area (Å²) in [4.78, 5) is 17.9. The maximum Gasteiger partial charge on any atom is 0.253 e. The fourth-order valence-corrected chi connectivity index (χ4v) is 4.19. The van der Waals surface area contributed by atoms with E-state index >= 15 is 0 Å². The Hall–Kier alpha value is -3.78. The largest absolute Gasteiger partial charge is 0.467 e. The molecule has 1 aliphatic rings. The molecule has 2 aromatic carbocycles. The highest BCUT2D eigenvalue weighted by Crippen LogP contribution is 2.33. The quantitative estimate of drug-likeness (QED) is 0.396. The van der Waals surface area contributed by atoms with Gasteiger partial charge >= 0.3 is 0 Å². The van der Waals surface area contributed by atoms with Gasteiger partial charge in [-0.1, -0.05) is 6.07 Å². The number of H-pyrrole nitrogens is 1. The Morgan fingerprint density at radius 2 is 1.88 bits per heavy atom. The van der Waals surface area contributed by atoms with Gasteiger partial charge in [0.2, 0.25) is 6.79 Å². The topological polar surface area (TPSA) is 79.7 Å². The number of fused-ring (bicyclic) bond motifs is 2. The van der Waals surface area contributed by atoms with E-state index in [4.69, 9.17) is 26.1 Å². The van der Waals surface area contributed by atoms with E-state index in [0.717, 1.165) is 33.5 Å². The molecule has 0 unspecified atom stereocenters. The second-order valence-corrected chi connectivity index (χ2v) is 8.82. The molecular weight excluding hydrogens is 450 g/mol. The first kappa shape index (κ1) is 22.0. The van der Waals surface area contributed by atoms with Crippen LogP contribution in [0, 0.1) is 13.8 Å². The third-order valence-corrected chi connectivity index (χ3v) is 6.39. The molecule has 1 aliphatic heterocycles. The van der Waals surface area contributed by atoms with Crippen LogP contribution in [0.3, 0.4) is 0 Å². The monoisotopic (exact) mass is 475 g/mol. The number of aromatic nitrogens is 1. The van der Waals surface area contributed by atoms with E-state index in [2.05, 4.69) is 23.3 Å². The molecule has 4 aromatic rings. The average molecular weight is 476 g/mol. The van der Waals surface area contributed by atoms with Gasteiger partial charge in [0.25, 0.3) is 5.56 Å². The Bertz CT molecular complexity index is 1410. The zero-order valence-corrected chi connectivity index (χ0v) is 19.8. The zero-order chi connectivity index (χ0) is 23.7. The Morgan fingerprint density at radius 3 is 2.71 bits per heavy atom. The highest BCUT2D eigenvalue weighted by molar-refractivity contribution is 7.80. The molecule has 0 fully saturated rings. The molecule has 7 nitrogen and oxygen atoms in total. The van der Waals surface area contributed by atoms with Crippen LogP contribution in [0.1, 0.15) is 28.0 Å². The zero-order valence-electron chi connectivity index (χ0n) is 19.0. The first-order valence-corrected chi connectivity index (χ1v) is 11.4. The Kier molecular flexibility index (Phi) is 5.98. The van der Waals surface area contributed by atoms with Crippen LogP contribution in [0.5, 0.6) is 11.5 Å². The number of nitrogens with zero attached hydrogens (tertiary/aromatic N) is 1. The van der Waals surface area contributed by atoms with Gasteiger partial charge in [-0.2, -0.15) is 0 Å². The van der Waals surface area contributed by atoms with Gasteiger partial charge in [0.1, 0.15) is 5.76 Å². The van der Waals surface area contributed by atoms with Crippen LogP contribution in [0.2, 0.25) is 0 Å². The Balaban J connectivity index is 1.43. The minimum atomic E-state index is -0.125. The van der Waals surface area contributed by atoms with E-state index in [1.54, 1.807) is 6.26 Å². The standard InChI is InChI=1S/C26H25N3O4S/c1-16-8-19-11-20(25(30)28-22(19)9-17(16)2)14-29(26(34)27-12-21-4-3-7-31-21)13-18-5-6-23-24(10-18)33-15-32-23/h3-11H,12-15H2,1-2H3,(H,27,34)(H,28,30). The number of rotatable bonds is 6. The Labute approximate surface area is 202 Å². The molecule has 5 rings (SSSR count). The van der Waals surface area contributed by atoms with Gasteiger partial charge in [-0.15, -0.1) is 0 Å². The summed E-state index contributed by atoms with van der Waals surface area (Å²) in [6, 6.07) is 15.6. The number of hydrogen-bond acceptors (Lipinski definition) is 5. The molecule has 0 aliphatic carbocycles. The van der Waals surface area contributed by atoms with Gasteiger partial charge in [-0.05, 0) is 90.6 Å². The van der Waals surface area contributed by atoms with Crippen molar-refractivity contribution in [2.45, 2.75) is 33.5 Å². The lowest BCUT2D eigenvalue weighted by atomic mass is 10.0. The number of aromatic amines is 1. The van der Waals surface area contributed by atoms with Gasteiger partial charge in [-0.3, -0.25) is 4.79 Å². The predicted molar refractivity (Wildman–Crippen MR) is 134 cm³/mol. The van der Waals surface area contributed by atoms with Crippen molar-refractivity contribution >= 4 is 28.2 Å². The van der Waals surface area contributed by atoms with Crippen LogP contribution in [0.25, 0.3) is 10.9 Å². The van der Waals surface area contributed by atoms with E-state index in [9.17, 15) is 4.79 Å². The Morgan fingerprint density at radius 1 is 1.06 bits per heavy atom. The van der Waals surface area contributed by atoms with Crippen molar-refractivity contribution in [2.75, 3.05) is 6.79 Å². The summed E-state index contributed by atoms with van der Waals surface area (Å²) in [5, 5.41) is 4.76. The third-order valence-electron chi connectivity index (χ3n) is 5.99. The van der Waals surface area contributed by atoms with E-state index in [-0.39, 0.29) is 12.4 Å². The SMILES string of the molecule is Cc1cc2cc(CN(Cc3ccc4c(c3)OCO4)C(=S)NCc3ccco3)c(=O)[nH]c2cc1C. The normalized spacial score (nSPS) is 12.2. The van der Waals surface area contributed by atoms with Crippen molar-refractivity contribution in [2.24, 2.45) is 0 Å². The van der Waals surface area contributed by atoms with E-state index in [1.165, 1.54) is 5.56 Å². The van der Waals surface area contributed by atoms with Crippen LogP contribution >= 0.6 is 12.2 Å². The second kappa shape index (κ2) is 9.23. The minimum absolute atomic E-state index is 0.125. The molecule has 0 saturated heterocycles. The third kappa shape index (κ3) is 4.63. The molecule has 0 bridgehead atoms. The van der Waals surface area contributed by atoms with Gasteiger partial charge in [0.05, 0.1) is 19.4 Å². The van der Waals surface area contributed by atoms with E-state index in [0.29, 0.717) is 36.1 Å². The maximum atomic E-state index is 12.9. The molecule has 8 heteroatoms. The van der Waals surface area contributed by atoms with Crippen molar-refractivity contribution < 1.29 is 13.9 Å². The van der Waals surface area contributed by atoms with Gasteiger partial charge in [0.15, 0.2) is 16.6 Å². The summed E-state index contributed by atoms with van der Waals surface area (Å²) in [5.41, 5.74) is 4.66. The fourth-order valence-electron chi connectivity index (χ4n) is 3.99. The molecule has 0 atom stereocenters. The minimum Gasteiger partial charge on any atom is -0.467 e. The van der Waals surface area contributed by atoms with Gasteiger partial charge < -0.3 is 29.1 Å². The van der Waals surface area contributed by atoms with Crippen LogP contribution in [-0.2, 0) is 19.6 Å². The molecule has 3 heterocycles. The van der Waals surface area contributed by atoms with Crippen molar-refractivity contribution in [3.05, 3.63) is 93.2 Å². The van der Waals surface area contributed by atoms with Crippen LogP contribution in [-0.4, -0.2) is 21.8 Å². The van der Waals surface area contributed by atoms with Gasteiger partial charge in [-0.25, -0.2) is 0 Å². The molecule has 2 aromatic heterocycles. The lowest BCUT2D eigenvalue weighted by Gasteiger charge is -2.26. The van der Waals surface area contributed by atoms with E-state index in [1.807, 2.05) is 54.3 Å². The van der Waals surface area contributed by atoms with Crippen LogP contribution < -0.4 is 20.3 Å². The van der Waals surface area contributed by atoms with Crippen molar-refractivity contribution in [3.63, 3.8) is 0 Å². The summed E-state index contributed by atoms with van der Waals surface area (Å²) >= 11 is 5.73. The molecule has 0 saturated carbocycles. The number of benzene rings is 2. The molecule has 0 amide bonds. The number of nitrogens with one attached hydrogen (secondary N) is 2. The highest BCUT2D eigenvalue weighted by Gasteiger charge is 2.18. The molecule has 2 N–H and O–H groups in total. The van der Waals surface area contributed by atoms with E-state index < -0.39 is 0 Å². The number of furan rings is 1. The summed E-state index contributed by atoms with van der Waals surface area (Å²) < 4.78 is 16.4. The fraction of sp³-hybridized carbons (Fsp3) is 0.231. The molecular formula is C26H25N3O4S. The molecule has 34 heavy (non-hydrogen) atoms. The maximum absolute atomic E-state index is 12.9. The first-order chi connectivity index (χ1) is 16.5. The number of pyridine rings is 1. The van der Waals surface area contributed by atoms with Crippen molar-refractivity contribution in [1.29, 1.82) is 0 Å². The molecule has 0 radical (unpaired) electrons. The number of ether oxygens (including phenoxy) is 2. The predicted octanol–water partition coefficient (Wildman–Crippen LogP) is 4.54. The highest BCUT2D eigenvalue weighted by atomic mass is 32.1. The number of hydrogen-bond donors (Lipinski definition) is 2. The second-order valence-electron chi connectivity index (χ2n) is 8.43. The molecule has 174 valence electrons. The number of thiocarbonyl (C=S) groups is 1. The molecule has 0 spiro atoms. The summed E-state index contributed by atoms with van der Waals surface area (Å²) in [5.74, 6) is 2.21. The summed E-state index contributed by atoms with van der Waals surface area (Å²) in [7, 11) is 0. The smallest absolute Gasteiger partial charge is 0.253 e.